The maximum Gasteiger partial charge on any atom is 0.306 e. The Morgan fingerprint density at radius 3 is 2.41 bits per heavy atom. The number of hydrogen-bond donors (Lipinski definition) is 1. The van der Waals surface area contributed by atoms with E-state index >= 15 is 0 Å². The summed E-state index contributed by atoms with van der Waals surface area (Å²) in [5.74, 6) is -0.744. The molecule has 0 aliphatic rings. The van der Waals surface area contributed by atoms with Gasteiger partial charge in [0.15, 0.2) is 6.61 Å². The first kappa shape index (κ1) is 16.2. The van der Waals surface area contributed by atoms with Crippen molar-refractivity contribution in [2.45, 2.75) is 12.8 Å². The van der Waals surface area contributed by atoms with Gasteiger partial charge in [-0.05, 0) is 40.0 Å². The van der Waals surface area contributed by atoms with E-state index in [2.05, 4.69) is 21.2 Å². The van der Waals surface area contributed by atoms with Crippen LogP contribution in [0, 0.1) is 0 Å². The van der Waals surface area contributed by atoms with Gasteiger partial charge in [0.05, 0.1) is 5.69 Å². The standard InChI is InChI=1S/C17H16BrNO3/c18-14-8-4-5-9-15(14)19-16(20)12-22-17(21)11-10-13-6-2-1-3-7-13/h1-9H,10-12H2,(H,19,20). The third-order valence-electron chi connectivity index (χ3n) is 2.97. The summed E-state index contributed by atoms with van der Waals surface area (Å²) < 4.78 is 5.75. The number of carbonyl (C=O) groups excluding carboxylic acids is 2. The van der Waals surface area contributed by atoms with Crippen LogP contribution in [0.4, 0.5) is 5.69 Å². The van der Waals surface area contributed by atoms with Crippen LogP contribution in [0.25, 0.3) is 0 Å². The minimum Gasteiger partial charge on any atom is -0.456 e. The Hall–Kier alpha value is -2.14. The third-order valence-corrected chi connectivity index (χ3v) is 3.66. The second-order valence-corrected chi connectivity index (χ2v) is 5.53. The van der Waals surface area contributed by atoms with Gasteiger partial charge in [-0.3, -0.25) is 9.59 Å². The molecule has 0 atom stereocenters. The number of esters is 1. The number of benzene rings is 2. The molecule has 0 unspecified atom stereocenters. The van der Waals surface area contributed by atoms with Gasteiger partial charge in [0.1, 0.15) is 0 Å². The Morgan fingerprint density at radius 1 is 1.00 bits per heavy atom. The first-order valence-corrected chi connectivity index (χ1v) is 7.68. The molecule has 0 saturated heterocycles. The Balaban J connectivity index is 1.72. The molecule has 0 spiro atoms. The highest BCUT2D eigenvalue weighted by molar-refractivity contribution is 9.10. The number of para-hydroxylation sites is 1. The number of amides is 1. The molecule has 4 nitrogen and oxygen atoms in total. The van der Waals surface area contributed by atoms with Crippen molar-refractivity contribution in [1.82, 2.24) is 0 Å². The smallest absolute Gasteiger partial charge is 0.306 e. The molecule has 2 aromatic rings. The van der Waals surface area contributed by atoms with Crippen molar-refractivity contribution in [3.63, 3.8) is 0 Å². The fourth-order valence-electron chi connectivity index (χ4n) is 1.86. The second-order valence-electron chi connectivity index (χ2n) is 4.67. The second kappa shape index (κ2) is 8.34. The maximum atomic E-state index is 11.7. The summed E-state index contributed by atoms with van der Waals surface area (Å²) in [7, 11) is 0. The van der Waals surface area contributed by atoms with Crippen LogP contribution in [-0.2, 0) is 20.7 Å². The highest BCUT2D eigenvalue weighted by Crippen LogP contribution is 2.20. The van der Waals surface area contributed by atoms with Crippen molar-refractivity contribution < 1.29 is 14.3 Å². The SMILES string of the molecule is O=C(COC(=O)CCc1ccccc1)Nc1ccccc1Br. The normalized spacial score (nSPS) is 10.0. The number of aryl methyl sites for hydroxylation is 1. The van der Waals surface area contributed by atoms with Crippen molar-refractivity contribution >= 4 is 33.5 Å². The van der Waals surface area contributed by atoms with Gasteiger partial charge in [-0.15, -0.1) is 0 Å². The Labute approximate surface area is 137 Å². The van der Waals surface area contributed by atoms with Gasteiger partial charge in [-0.1, -0.05) is 42.5 Å². The van der Waals surface area contributed by atoms with Gasteiger partial charge in [0.2, 0.25) is 0 Å². The molecule has 0 aromatic heterocycles. The minimum absolute atomic E-state index is 0.256. The first-order valence-electron chi connectivity index (χ1n) is 6.89. The van der Waals surface area contributed by atoms with E-state index in [4.69, 9.17) is 4.74 Å². The monoisotopic (exact) mass is 361 g/mol. The summed E-state index contributed by atoms with van der Waals surface area (Å²) in [6, 6.07) is 16.9. The van der Waals surface area contributed by atoms with Crippen LogP contribution in [0.1, 0.15) is 12.0 Å². The molecule has 0 fully saturated rings. The Morgan fingerprint density at radius 2 is 1.68 bits per heavy atom. The molecule has 1 amide bonds. The molecule has 114 valence electrons. The average Bonchev–Trinajstić information content (AvgIpc) is 2.54. The van der Waals surface area contributed by atoms with Crippen LogP contribution in [0.15, 0.2) is 59.1 Å². The van der Waals surface area contributed by atoms with E-state index in [0.717, 1.165) is 10.0 Å². The lowest BCUT2D eigenvalue weighted by atomic mass is 10.1. The molecule has 0 bridgehead atoms. The molecule has 0 saturated carbocycles. The van der Waals surface area contributed by atoms with Crippen LogP contribution < -0.4 is 5.32 Å². The molecule has 1 N–H and O–H groups in total. The third kappa shape index (κ3) is 5.33. The summed E-state index contributed by atoms with van der Waals surface area (Å²) in [6.07, 6.45) is 0.859. The number of nitrogens with one attached hydrogen (secondary N) is 1. The summed E-state index contributed by atoms with van der Waals surface area (Å²) >= 11 is 3.33. The van der Waals surface area contributed by atoms with Gasteiger partial charge >= 0.3 is 5.97 Å². The average molecular weight is 362 g/mol. The van der Waals surface area contributed by atoms with Crippen LogP contribution in [0.5, 0.6) is 0 Å². The number of ether oxygens (including phenoxy) is 1. The van der Waals surface area contributed by atoms with E-state index in [1.54, 1.807) is 6.07 Å². The lowest BCUT2D eigenvalue weighted by molar-refractivity contribution is -0.147. The number of anilines is 1. The van der Waals surface area contributed by atoms with Gasteiger partial charge < -0.3 is 10.1 Å². The molecule has 0 heterocycles. The highest BCUT2D eigenvalue weighted by atomic mass is 79.9. The number of halogens is 1. The minimum atomic E-state index is -0.383. The Bertz CT molecular complexity index is 643. The van der Waals surface area contributed by atoms with Crippen molar-refractivity contribution in [1.29, 1.82) is 0 Å². The van der Waals surface area contributed by atoms with E-state index in [9.17, 15) is 9.59 Å². The largest absolute Gasteiger partial charge is 0.456 e. The predicted octanol–water partition coefficient (Wildman–Crippen LogP) is 3.56. The molecule has 2 aromatic carbocycles. The van der Waals surface area contributed by atoms with Crippen LogP contribution in [0.2, 0.25) is 0 Å². The summed E-state index contributed by atoms with van der Waals surface area (Å²) in [5, 5.41) is 2.68. The van der Waals surface area contributed by atoms with Crippen molar-refractivity contribution in [2.24, 2.45) is 0 Å². The van der Waals surface area contributed by atoms with E-state index in [0.29, 0.717) is 12.1 Å². The van der Waals surface area contributed by atoms with Crippen LogP contribution in [-0.4, -0.2) is 18.5 Å². The molecule has 0 radical (unpaired) electrons. The van der Waals surface area contributed by atoms with Gasteiger partial charge in [-0.25, -0.2) is 0 Å². The number of carbonyl (C=O) groups is 2. The van der Waals surface area contributed by atoms with Gasteiger partial charge in [0, 0.05) is 10.9 Å². The van der Waals surface area contributed by atoms with Crippen molar-refractivity contribution in [3.05, 3.63) is 64.6 Å². The van der Waals surface area contributed by atoms with E-state index in [-0.39, 0.29) is 24.9 Å². The Kier molecular flexibility index (Phi) is 6.15. The van der Waals surface area contributed by atoms with Crippen LogP contribution >= 0.6 is 15.9 Å². The lowest BCUT2D eigenvalue weighted by Gasteiger charge is -2.08. The molecular formula is C17H16BrNO3. The summed E-state index contributed by atoms with van der Waals surface area (Å²) in [4.78, 5) is 23.4. The zero-order valence-electron chi connectivity index (χ0n) is 11.9. The molecular weight excluding hydrogens is 346 g/mol. The van der Waals surface area contributed by atoms with E-state index in [1.807, 2.05) is 48.5 Å². The van der Waals surface area contributed by atoms with E-state index < -0.39 is 0 Å². The predicted molar refractivity (Wildman–Crippen MR) is 88.5 cm³/mol. The molecule has 2 rings (SSSR count). The zero-order valence-corrected chi connectivity index (χ0v) is 13.5. The lowest BCUT2D eigenvalue weighted by Crippen LogP contribution is -2.21. The quantitative estimate of drug-likeness (QED) is 0.800. The molecule has 0 aliphatic heterocycles. The topological polar surface area (TPSA) is 55.4 Å². The summed E-state index contributed by atoms with van der Waals surface area (Å²) in [5.41, 5.74) is 1.71. The first-order chi connectivity index (χ1) is 10.6. The molecule has 0 aliphatic carbocycles. The molecule has 5 heteroatoms. The number of rotatable bonds is 6. The van der Waals surface area contributed by atoms with Gasteiger partial charge in [0.25, 0.3) is 5.91 Å². The van der Waals surface area contributed by atoms with Crippen LogP contribution in [0.3, 0.4) is 0 Å². The molecule has 22 heavy (non-hydrogen) atoms. The fraction of sp³-hybridized carbons (Fsp3) is 0.176. The summed E-state index contributed by atoms with van der Waals surface area (Å²) in [6.45, 7) is -0.283. The maximum absolute atomic E-state index is 11.7. The number of hydrogen-bond acceptors (Lipinski definition) is 3. The fourth-order valence-corrected chi connectivity index (χ4v) is 2.24. The zero-order chi connectivity index (χ0) is 15.8. The van der Waals surface area contributed by atoms with E-state index in [1.165, 1.54) is 0 Å². The highest BCUT2D eigenvalue weighted by Gasteiger charge is 2.09. The van der Waals surface area contributed by atoms with Crippen molar-refractivity contribution in [3.8, 4) is 0 Å². The van der Waals surface area contributed by atoms with Crippen molar-refractivity contribution in [2.75, 3.05) is 11.9 Å². The van der Waals surface area contributed by atoms with Gasteiger partial charge in [-0.2, -0.15) is 0 Å².